The van der Waals surface area contributed by atoms with Crippen molar-refractivity contribution in [3.05, 3.63) is 11.3 Å². The standard InChI is InChI=1S/C15H28N4/c1-11(2)13-6-8-19(9-7-13)15-14(10-16-4)12(3)17-18(15)5/h11,13,16H,6-10H2,1-5H3. The molecule has 1 aliphatic rings. The van der Waals surface area contributed by atoms with Gasteiger partial charge in [-0.1, -0.05) is 13.8 Å². The number of aryl methyl sites for hydroxylation is 2. The lowest BCUT2D eigenvalue weighted by Crippen LogP contribution is -2.37. The molecule has 1 aromatic rings. The van der Waals surface area contributed by atoms with Gasteiger partial charge in [0.05, 0.1) is 5.69 Å². The van der Waals surface area contributed by atoms with E-state index in [1.165, 1.54) is 37.3 Å². The predicted octanol–water partition coefficient (Wildman–Crippen LogP) is 2.32. The van der Waals surface area contributed by atoms with Crippen molar-refractivity contribution < 1.29 is 0 Å². The summed E-state index contributed by atoms with van der Waals surface area (Å²) in [5.41, 5.74) is 2.51. The number of anilines is 1. The molecule has 19 heavy (non-hydrogen) atoms. The molecule has 0 aliphatic carbocycles. The number of piperidine rings is 1. The van der Waals surface area contributed by atoms with E-state index < -0.39 is 0 Å². The summed E-state index contributed by atoms with van der Waals surface area (Å²) in [7, 11) is 4.07. The molecule has 1 fully saturated rings. The Bertz CT molecular complexity index is 414. The van der Waals surface area contributed by atoms with E-state index in [0.29, 0.717) is 0 Å². The Morgan fingerprint density at radius 3 is 2.47 bits per heavy atom. The van der Waals surface area contributed by atoms with Crippen LogP contribution >= 0.6 is 0 Å². The molecule has 0 radical (unpaired) electrons. The summed E-state index contributed by atoms with van der Waals surface area (Å²) in [6.45, 7) is 10.0. The van der Waals surface area contributed by atoms with E-state index in [-0.39, 0.29) is 0 Å². The monoisotopic (exact) mass is 264 g/mol. The number of nitrogens with zero attached hydrogens (tertiary/aromatic N) is 3. The lowest BCUT2D eigenvalue weighted by atomic mass is 9.86. The minimum atomic E-state index is 0.812. The van der Waals surface area contributed by atoms with Crippen LogP contribution in [0.15, 0.2) is 0 Å². The maximum Gasteiger partial charge on any atom is 0.131 e. The molecule has 0 atom stereocenters. The SMILES string of the molecule is CNCc1c(C)nn(C)c1N1CCC(C(C)C)CC1. The largest absolute Gasteiger partial charge is 0.357 e. The fourth-order valence-corrected chi connectivity index (χ4v) is 3.25. The van der Waals surface area contributed by atoms with Gasteiger partial charge < -0.3 is 10.2 Å². The van der Waals surface area contributed by atoms with Crippen LogP contribution in [0.25, 0.3) is 0 Å². The van der Waals surface area contributed by atoms with Crippen LogP contribution in [0.4, 0.5) is 5.82 Å². The first-order valence-corrected chi connectivity index (χ1v) is 7.46. The van der Waals surface area contributed by atoms with Gasteiger partial charge in [-0.2, -0.15) is 5.10 Å². The summed E-state index contributed by atoms with van der Waals surface area (Å²) < 4.78 is 2.05. The van der Waals surface area contributed by atoms with Crippen molar-refractivity contribution in [1.29, 1.82) is 0 Å². The summed E-state index contributed by atoms with van der Waals surface area (Å²) in [5.74, 6) is 3.01. The Kier molecular flexibility index (Phi) is 4.50. The maximum absolute atomic E-state index is 4.59. The van der Waals surface area contributed by atoms with Crippen molar-refractivity contribution >= 4 is 5.82 Å². The zero-order chi connectivity index (χ0) is 14.0. The number of rotatable bonds is 4. The third-order valence-corrected chi connectivity index (χ3v) is 4.45. The first kappa shape index (κ1) is 14.4. The topological polar surface area (TPSA) is 33.1 Å². The second kappa shape index (κ2) is 5.95. The van der Waals surface area contributed by atoms with Crippen molar-refractivity contribution in [2.24, 2.45) is 18.9 Å². The molecule has 0 bridgehead atoms. The van der Waals surface area contributed by atoms with E-state index in [0.717, 1.165) is 24.1 Å². The van der Waals surface area contributed by atoms with Crippen molar-refractivity contribution in [2.45, 2.75) is 40.2 Å². The lowest BCUT2D eigenvalue weighted by Gasteiger charge is -2.35. The number of hydrogen-bond acceptors (Lipinski definition) is 3. The highest BCUT2D eigenvalue weighted by Crippen LogP contribution is 2.30. The van der Waals surface area contributed by atoms with Crippen LogP contribution in [0.2, 0.25) is 0 Å². The van der Waals surface area contributed by atoms with Crippen LogP contribution in [-0.2, 0) is 13.6 Å². The highest BCUT2D eigenvalue weighted by molar-refractivity contribution is 5.50. The second-order valence-electron chi connectivity index (χ2n) is 6.11. The average molecular weight is 264 g/mol. The molecule has 108 valence electrons. The molecule has 4 heteroatoms. The van der Waals surface area contributed by atoms with Crippen LogP contribution in [0.1, 0.15) is 37.9 Å². The van der Waals surface area contributed by atoms with Crippen LogP contribution in [0, 0.1) is 18.8 Å². The van der Waals surface area contributed by atoms with E-state index in [2.05, 4.69) is 47.8 Å². The molecule has 1 N–H and O–H groups in total. The summed E-state index contributed by atoms with van der Waals surface area (Å²) in [6, 6.07) is 0. The third kappa shape index (κ3) is 2.94. The van der Waals surface area contributed by atoms with Crippen LogP contribution in [-0.4, -0.2) is 29.9 Å². The Labute approximate surface area is 117 Å². The molecule has 4 nitrogen and oxygen atoms in total. The van der Waals surface area contributed by atoms with Crippen molar-refractivity contribution in [1.82, 2.24) is 15.1 Å². The van der Waals surface area contributed by atoms with Crippen molar-refractivity contribution in [3.8, 4) is 0 Å². The first-order chi connectivity index (χ1) is 9.04. The summed E-state index contributed by atoms with van der Waals surface area (Å²) >= 11 is 0. The van der Waals surface area contributed by atoms with Gasteiger partial charge in [0, 0.05) is 32.2 Å². The highest BCUT2D eigenvalue weighted by atomic mass is 15.4. The third-order valence-electron chi connectivity index (χ3n) is 4.45. The van der Waals surface area contributed by atoms with Gasteiger partial charge >= 0.3 is 0 Å². The number of hydrogen-bond donors (Lipinski definition) is 1. The highest BCUT2D eigenvalue weighted by Gasteiger charge is 2.25. The van der Waals surface area contributed by atoms with Gasteiger partial charge in [-0.15, -0.1) is 0 Å². The van der Waals surface area contributed by atoms with Gasteiger partial charge in [0.25, 0.3) is 0 Å². The van der Waals surface area contributed by atoms with Gasteiger partial charge in [0.15, 0.2) is 0 Å². The van der Waals surface area contributed by atoms with E-state index in [1.54, 1.807) is 0 Å². The van der Waals surface area contributed by atoms with Crippen LogP contribution in [0.3, 0.4) is 0 Å². The second-order valence-corrected chi connectivity index (χ2v) is 6.11. The average Bonchev–Trinajstić information content (AvgIpc) is 2.65. The zero-order valence-corrected chi connectivity index (χ0v) is 13.0. The molecule has 0 unspecified atom stereocenters. The molecule has 1 aliphatic heterocycles. The van der Waals surface area contributed by atoms with E-state index in [9.17, 15) is 0 Å². The fourth-order valence-electron chi connectivity index (χ4n) is 3.25. The molecule has 1 saturated heterocycles. The molecule has 0 aromatic carbocycles. The smallest absolute Gasteiger partial charge is 0.131 e. The molecule has 2 heterocycles. The minimum Gasteiger partial charge on any atom is -0.357 e. The van der Waals surface area contributed by atoms with Gasteiger partial charge in [-0.3, -0.25) is 4.68 Å². The van der Waals surface area contributed by atoms with Crippen LogP contribution in [0.5, 0.6) is 0 Å². The first-order valence-electron chi connectivity index (χ1n) is 7.46. The quantitative estimate of drug-likeness (QED) is 0.906. The summed E-state index contributed by atoms with van der Waals surface area (Å²) in [4.78, 5) is 2.52. The van der Waals surface area contributed by atoms with Crippen LogP contribution < -0.4 is 10.2 Å². The molecular formula is C15H28N4. The Morgan fingerprint density at radius 1 is 1.32 bits per heavy atom. The van der Waals surface area contributed by atoms with Gasteiger partial charge in [0.2, 0.25) is 0 Å². The van der Waals surface area contributed by atoms with Gasteiger partial charge in [-0.05, 0) is 38.6 Å². The fraction of sp³-hybridized carbons (Fsp3) is 0.800. The predicted molar refractivity (Wildman–Crippen MR) is 80.5 cm³/mol. The molecular weight excluding hydrogens is 236 g/mol. The molecule has 1 aromatic heterocycles. The molecule has 0 spiro atoms. The van der Waals surface area contributed by atoms with E-state index in [4.69, 9.17) is 0 Å². The summed E-state index contributed by atoms with van der Waals surface area (Å²) in [5, 5.41) is 7.86. The minimum absolute atomic E-state index is 0.812. The summed E-state index contributed by atoms with van der Waals surface area (Å²) in [6.07, 6.45) is 2.61. The Morgan fingerprint density at radius 2 is 1.95 bits per heavy atom. The maximum atomic E-state index is 4.59. The molecule has 0 saturated carbocycles. The Hall–Kier alpha value is -1.03. The van der Waals surface area contributed by atoms with Gasteiger partial charge in [-0.25, -0.2) is 0 Å². The number of nitrogens with one attached hydrogen (secondary N) is 1. The lowest BCUT2D eigenvalue weighted by molar-refractivity contribution is 0.309. The van der Waals surface area contributed by atoms with E-state index in [1.807, 2.05) is 7.05 Å². The number of aromatic nitrogens is 2. The normalized spacial score (nSPS) is 17.5. The molecule has 0 amide bonds. The zero-order valence-electron chi connectivity index (χ0n) is 13.0. The van der Waals surface area contributed by atoms with Crippen molar-refractivity contribution in [2.75, 3.05) is 25.0 Å². The van der Waals surface area contributed by atoms with Crippen molar-refractivity contribution in [3.63, 3.8) is 0 Å². The Balaban J connectivity index is 2.15. The molecule has 2 rings (SSSR count). The van der Waals surface area contributed by atoms with E-state index >= 15 is 0 Å². The van der Waals surface area contributed by atoms with Gasteiger partial charge in [0.1, 0.15) is 5.82 Å².